The molecule has 14 heavy (non-hydrogen) atoms. The third kappa shape index (κ3) is 4.30. The van der Waals surface area contributed by atoms with E-state index >= 15 is 0 Å². The molecule has 3 heteroatoms. The van der Waals surface area contributed by atoms with Gasteiger partial charge in [0, 0.05) is 0 Å². The molecular weight excluding hydrogens is 189 g/mol. The van der Waals surface area contributed by atoms with Crippen LogP contribution in [0.1, 0.15) is 31.4 Å². The molecule has 0 heterocycles. The van der Waals surface area contributed by atoms with Gasteiger partial charge in [0.15, 0.2) is 0 Å². The van der Waals surface area contributed by atoms with Crippen molar-refractivity contribution < 1.29 is 13.2 Å². The highest BCUT2D eigenvalue weighted by atomic mass is 19.4. The summed E-state index contributed by atoms with van der Waals surface area (Å²) in [5.41, 5.74) is -0.292. The van der Waals surface area contributed by atoms with Crippen LogP contribution in [-0.2, 0) is 6.18 Å². The number of alkyl halides is 3. The SMILES string of the molecule is CCC.Cc1ccccc1C(F)(F)F. The second-order valence-electron chi connectivity index (χ2n) is 3.02. The molecule has 0 nitrogen and oxygen atoms in total. The molecule has 0 fully saturated rings. The third-order valence-electron chi connectivity index (χ3n) is 1.45. The Kier molecular flexibility index (Phi) is 5.28. The minimum atomic E-state index is -4.22. The quantitative estimate of drug-likeness (QED) is 0.586. The molecule has 0 saturated carbocycles. The number of hydrogen-bond acceptors (Lipinski definition) is 0. The summed E-state index contributed by atoms with van der Waals surface area (Å²) >= 11 is 0. The van der Waals surface area contributed by atoms with Gasteiger partial charge in [0.05, 0.1) is 5.56 Å². The molecule has 80 valence electrons. The second-order valence-corrected chi connectivity index (χ2v) is 3.02. The Morgan fingerprint density at radius 2 is 1.50 bits per heavy atom. The zero-order chi connectivity index (χ0) is 11.2. The van der Waals surface area contributed by atoms with E-state index in [0.29, 0.717) is 0 Å². The molecule has 0 N–H and O–H groups in total. The van der Waals surface area contributed by atoms with Gasteiger partial charge in [-0.3, -0.25) is 0 Å². The van der Waals surface area contributed by atoms with Crippen molar-refractivity contribution in [3.05, 3.63) is 35.4 Å². The van der Waals surface area contributed by atoms with Gasteiger partial charge in [0.25, 0.3) is 0 Å². The average molecular weight is 204 g/mol. The molecule has 0 radical (unpaired) electrons. The maximum atomic E-state index is 12.0. The van der Waals surface area contributed by atoms with Crippen molar-refractivity contribution in [2.24, 2.45) is 0 Å². The predicted molar refractivity (Wildman–Crippen MR) is 52.1 cm³/mol. The van der Waals surface area contributed by atoms with Crippen LogP contribution in [0.25, 0.3) is 0 Å². The van der Waals surface area contributed by atoms with Crippen LogP contribution in [0.5, 0.6) is 0 Å². The molecule has 0 unspecified atom stereocenters. The minimum Gasteiger partial charge on any atom is -0.166 e. The van der Waals surface area contributed by atoms with E-state index in [4.69, 9.17) is 0 Å². The summed E-state index contributed by atoms with van der Waals surface area (Å²) in [7, 11) is 0. The number of rotatable bonds is 0. The van der Waals surface area contributed by atoms with Gasteiger partial charge >= 0.3 is 6.18 Å². The van der Waals surface area contributed by atoms with Gasteiger partial charge in [-0.1, -0.05) is 38.5 Å². The lowest BCUT2D eigenvalue weighted by atomic mass is 10.1. The molecule has 0 aliphatic carbocycles. The van der Waals surface area contributed by atoms with Crippen molar-refractivity contribution in [1.82, 2.24) is 0 Å². The van der Waals surface area contributed by atoms with E-state index < -0.39 is 11.7 Å². The summed E-state index contributed by atoms with van der Waals surface area (Å²) in [5.74, 6) is 0. The number of benzene rings is 1. The first-order chi connectivity index (χ1) is 6.43. The maximum absolute atomic E-state index is 12.0. The van der Waals surface area contributed by atoms with Gasteiger partial charge in [-0.05, 0) is 18.6 Å². The number of hydrogen-bond donors (Lipinski definition) is 0. The van der Waals surface area contributed by atoms with Gasteiger partial charge in [0.1, 0.15) is 0 Å². The Morgan fingerprint density at radius 1 is 1.07 bits per heavy atom. The lowest BCUT2D eigenvalue weighted by molar-refractivity contribution is -0.138. The molecular formula is C11H15F3. The van der Waals surface area contributed by atoms with Gasteiger partial charge in [-0.15, -0.1) is 0 Å². The Hall–Kier alpha value is -0.990. The van der Waals surface area contributed by atoms with Crippen LogP contribution in [0.3, 0.4) is 0 Å². The fraction of sp³-hybridized carbons (Fsp3) is 0.455. The molecule has 0 amide bonds. The number of aryl methyl sites for hydroxylation is 1. The van der Waals surface area contributed by atoms with Crippen molar-refractivity contribution in [3.63, 3.8) is 0 Å². The maximum Gasteiger partial charge on any atom is 0.416 e. The Balaban J connectivity index is 0.000000500. The van der Waals surface area contributed by atoms with Crippen LogP contribution in [0.4, 0.5) is 13.2 Å². The summed E-state index contributed by atoms with van der Waals surface area (Å²) in [6.07, 6.45) is -2.97. The molecule has 0 aromatic heterocycles. The monoisotopic (exact) mass is 204 g/mol. The summed E-state index contributed by atoms with van der Waals surface area (Å²) in [4.78, 5) is 0. The molecule has 1 aromatic rings. The normalized spacial score (nSPS) is 10.4. The van der Waals surface area contributed by atoms with Crippen LogP contribution in [0, 0.1) is 6.92 Å². The highest BCUT2D eigenvalue weighted by Crippen LogP contribution is 2.31. The number of halogens is 3. The van der Waals surface area contributed by atoms with Crippen molar-refractivity contribution in [1.29, 1.82) is 0 Å². The summed E-state index contributed by atoms with van der Waals surface area (Å²) in [6, 6.07) is 5.50. The lowest BCUT2D eigenvalue weighted by Crippen LogP contribution is -2.06. The largest absolute Gasteiger partial charge is 0.416 e. The fourth-order valence-electron chi connectivity index (χ4n) is 0.891. The van der Waals surface area contributed by atoms with Crippen LogP contribution < -0.4 is 0 Å². The van der Waals surface area contributed by atoms with Crippen LogP contribution in [0.15, 0.2) is 24.3 Å². The van der Waals surface area contributed by atoms with E-state index in [0.717, 1.165) is 6.07 Å². The van der Waals surface area contributed by atoms with Gasteiger partial charge in [-0.25, -0.2) is 0 Å². The molecule has 0 aliphatic rings. The van der Waals surface area contributed by atoms with Crippen molar-refractivity contribution >= 4 is 0 Å². The highest BCUT2D eigenvalue weighted by Gasteiger charge is 2.31. The van der Waals surface area contributed by atoms with Crippen molar-refractivity contribution in [2.45, 2.75) is 33.4 Å². The Morgan fingerprint density at radius 3 is 1.79 bits per heavy atom. The minimum absolute atomic E-state index is 0.264. The zero-order valence-electron chi connectivity index (χ0n) is 8.65. The Labute approximate surface area is 82.8 Å². The fourth-order valence-corrected chi connectivity index (χ4v) is 0.891. The first-order valence-corrected chi connectivity index (χ1v) is 4.56. The molecule has 1 aromatic carbocycles. The van der Waals surface area contributed by atoms with Crippen molar-refractivity contribution in [2.75, 3.05) is 0 Å². The van der Waals surface area contributed by atoms with Gasteiger partial charge in [-0.2, -0.15) is 13.2 Å². The third-order valence-corrected chi connectivity index (χ3v) is 1.45. The van der Waals surface area contributed by atoms with E-state index in [1.54, 1.807) is 6.07 Å². The molecule has 1 rings (SSSR count). The lowest BCUT2D eigenvalue weighted by Gasteiger charge is -2.08. The van der Waals surface area contributed by atoms with E-state index in [2.05, 4.69) is 13.8 Å². The van der Waals surface area contributed by atoms with Gasteiger partial charge in [0.2, 0.25) is 0 Å². The smallest absolute Gasteiger partial charge is 0.166 e. The predicted octanol–water partition coefficient (Wildman–Crippen LogP) is 4.43. The molecule has 0 aliphatic heterocycles. The van der Waals surface area contributed by atoms with E-state index in [-0.39, 0.29) is 5.56 Å². The van der Waals surface area contributed by atoms with Crippen LogP contribution >= 0.6 is 0 Å². The summed E-state index contributed by atoms with van der Waals surface area (Å²) in [5, 5.41) is 0. The average Bonchev–Trinajstić information content (AvgIpc) is 2.04. The van der Waals surface area contributed by atoms with Gasteiger partial charge < -0.3 is 0 Å². The van der Waals surface area contributed by atoms with Crippen LogP contribution in [0.2, 0.25) is 0 Å². The molecule has 0 bridgehead atoms. The highest BCUT2D eigenvalue weighted by molar-refractivity contribution is 5.27. The van der Waals surface area contributed by atoms with E-state index in [9.17, 15) is 13.2 Å². The first-order valence-electron chi connectivity index (χ1n) is 4.56. The second kappa shape index (κ2) is 5.68. The standard InChI is InChI=1S/C8H7F3.C3H8/c1-6-4-2-3-5-7(6)8(9,10)11;1-3-2/h2-5H,1H3;3H2,1-2H3. The molecule has 0 atom stereocenters. The zero-order valence-corrected chi connectivity index (χ0v) is 8.65. The van der Waals surface area contributed by atoms with E-state index in [1.807, 2.05) is 0 Å². The van der Waals surface area contributed by atoms with E-state index in [1.165, 1.54) is 25.5 Å². The summed E-state index contributed by atoms with van der Waals surface area (Å²) in [6.45, 7) is 5.70. The topological polar surface area (TPSA) is 0 Å². The summed E-state index contributed by atoms with van der Waals surface area (Å²) < 4.78 is 36.1. The van der Waals surface area contributed by atoms with Crippen LogP contribution in [-0.4, -0.2) is 0 Å². The first kappa shape index (κ1) is 13.0. The Bertz CT molecular complexity index is 263. The molecule has 0 saturated heterocycles. The van der Waals surface area contributed by atoms with Crippen molar-refractivity contribution in [3.8, 4) is 0 Å². The molecule has 0 spiro atoms.